The van der Waals surface area contributed by atoms with Crippen molar-refractivity contribution >= 4 is 17.5 Å². The van der Waals surface area contributed by atoms with Crippen LogP contribution in [0, 0.1) is 0 Å². The van der Waals surface area contributed by atoms with Crippen LogP contribution in [0.25, 0.3) is 6.08 Å². The van der Waals surface area contributed by atoms with E-state index < -0.39 is 0 Å². The zero-order valence-electron chi connectivity index (χ0n) is 18.3. The highest BCUT2D eigenvalue weighted by atomic mass is 15.4. The molecule has 0 saturated heterocycles. The van der Waals surface area contributed by atoms with Crippen molar-refractivity contribution in [3.63, 3.8) is 0 Å². The summed E-state index contributed by atoms with van der Waals surface area (Å²) in [6, 6.07) is 18.6. The average molecular weight is 365 g/mol. The minimum Gasteiger partial charge on any atom is -0.268 e. The van der Waals surface area contributed by atoms with Gasteiger partial charge < -0.3 is 0 Å². The summed E-state index contributed by atoms with van der Waals surface area (Å²) in [6.45, 7) is 14.2. The number of benzene rings is 2. The summed E-state index contributed by atoms with van der Waals surface area (Å²) in [5, 5.41) is 6.56. The minimum atomic E-state index is 1.00. The van der Waals surface area contributed by atoms with Gasteiger partial charge in [0, 0.05) is 7.05 Å². The van der Waals surface area contributed by atoms with Crippen LogP contribution in [0.3, 0.4) is 0 Å². The summed E-state index contributed by atoms with van der Waals surface area (Å²) in [7, 11) is 1.97. The number of hydrogen-bond acceptors (Lipinski definition) is 2. The van der Waals surface area contributed by atoms with E-state index >= 15 is 0 Å². The van der Waals surface area contributed by atoms with E-state index in [1.54, 1.807) is 0 Å². The first kappa shape index (κ1) is 24.4. The summed E-state index contributed by atoms with van der Waals surface area (Å²) in [4.78, 5) is 0. The number of anilines is 1. The van der Waals surface area contributed by atoms with E-state index in [1.807, 2.05) is 64.9 Å². The summed E-state index contributed by atoms with van der Waals surface area (Å²) in [6.07, 6.45) is 6.29. The first-order valence-corrected chi connectivity index (χ1v) is 9.82. The Bertz CT molecular complexity index is 704. The monoisotopic (exact) mass is 364 g/mol. The summed E-state index contributed by atoms with van der Waals surface area (Å²) < 4.78 is 0. The molecule has 2 nitrogen and oxygen atoms in total. The second-order valence-electron chi connectivity index (χ2n) is 5.77. The zero-order chi connectivity index (χ0) is 20.7. The van der Waals surface area contributed by atoms with E-state index in [4.69, 9.17) is 0 Å². The van der Waals surface area contributed by atoms with E-state index in [-0.39, 0.29) is 0 Å². The Morgan fingerprint density at radius 2 is 1.37 bits per heavy atom. The van der Waals surface area contributed by atoms with Crippen LogP contribution in [0.5, 0.6) is 0 Å². The minimum absolute atomic E-state index is 1.00. The Morgan fingerprint density at radius 3 is 1.89 bits per heavy atom. The largest absolute Gasteiger partial charge is 0.268 e. The fourth-order valence-electron chi connectivity index (χ4n) is 2.17. The average Bonchev–Trinajstić information content (AvgIpc) is 2.72. The van der Waals surface area contributed by atoms with Crippen LogP contribution < -0.4 is 5.01 Å². The van der Waals surface area contributed by atoms with Crippen molar-refractivity contribution < 1.29 is 0 Å². The van der Waals surface area contributed by atoms with Crippen LogP contribution in [-0.2, 0) is 0 Å². The molecule has 0 heterocycles. The fraction of sp³-hybridized carbons (Fsp3) is 0.320. The van der Waals surface area contributed by atoms with Crippen molar-refractivity contribution in [1.82, 2.24) is 0 Å². The second-order valence-corrected chi connectivity index (χ2v) is 5.77. The number of rotatable bonds is 5. The van der Waals surface area contributed by atoms with Crippen LogP contribution in [0.15, 0.2) is 77.4 Å². The first-order chi connectivity index (χ1) is 13.1. The molecule has 0 spiro atoms. The highest BCUT2D eigenvalue weighted by Crippen LogP contribution is 2.16. The van der Waals surface area contributed by atoms with Gasteiger partial charge in [-0.15, -0.1) is 0 Å². The van der Waals surface area contributed by atoms with Gasteiger partial charge in [-0.3, -0.25) is 5.01 Å². The van der Waals surface area contributed by atoms with E-state index in [9.17, 15) is 0 Å². The molecule has 0 saturated carbocycles. The topological polar surface area (TPSA) is 15.6 Å². The van der Waals surface area contributed by atoms with Crippen LogP contribution >= 0.6 is 0 Å². The van der Waals surface area contributed by atoms with Crippen molar-refractivity contribution in [2.45, 2.75) is 48.5 Å². The standard InChI is InChI=1S/C21H24N2.2C2H6/c1-17(2)9-8-10-19-13-15-21(16-14-19)23(4)22-18(3)20-11-6-5-7-12-20;2*1-2/h5-16H,1-4H3;2*1-2H3/b10-8?,22-18-;;. The van der Waals surface area contributed by atoms with Crippen LogP contribution in [0.1, 0.15) is 59.6 Å². The number of allylic oxidation sites excluding steroid dienone is 3. The molecule has 0 N–H and O–H groups in total. The Kier molecular flexibility index (Phi) is 13.1. The molecule has 0 radical (unpaired) electrons. The van der Waals surface area contributed by atoms with E-state index in [2.05, 4.69) is 73.6 Å². The van der Waals surface area contributed by atoms with Gasteiger partial charge in [0.1, 0.15) is 0 Å². The quantitative estimate of drug-likeness (QED) is 0.303. The van der Waals surface area contributed by atoms with E-state index in [0.717, 1.165) is 17.0 Å². The normalized spacial score (nSPS) is 10.3. The number of hydrogen-bond donors (Lipinski definition) is 0. The summed E-state index contributed by atoms with van der Waals surface area (Å²) in [5.41, 5.74) is 5.69. The molecule has 146 valence electrons. The molecule has 0 unspecified atom stereocenters. The maximum Gasteiger partial charge on any atom is 0.0650 e. The van der Waals surface area contributed by atoms with Crippen LogP contribution in [0.2, 0.25) is 0 Å². The lowest BCUT2D eigenvalue weighted by molar-refractivity contribution is 1.01. The summed E-state index contributed by atoms with van der Waals surface area (Å²) in [5.74, 6) is 0. The lowest BCUT2D eigenvalue weighted by Crippen LogP contribution is -2.12. The Balaban J connectivity index is 0.00000158. The van der Waals surface area contributed by atoms with E-state index in [1.165, 1.54) is 11.1 Å². The molecule has 2 aromatic rings. The van der Waals surface area contributed by atoms with Crippen LogP contribution in [-0.4, -0.2) is 12.8 Å². The van der Waals surface area contributed by atoms with Gasteiger partial charge >= 0.3 is 0 Å². The van der Waals surface area contributed by atoms with Crippen molar-refractivity contribution in [2.24, 2.45) is 5.10 Å². The van der Waals surface area contributed by atoms with Gasteiger partial charge in [0.05, 0.1) is 11.4 Å². The number of nitrogens with zero attached hydrogens (tertiary/aromatic N) is 2. The lowest BCUT2D eigenvalue weighted by atomic mass is 10.1. The predicted molar refractivity (Wildman–Crippen MR) is 125 cm³/mol. The van der Waals surface area contributed by atoms with Crippen molar-refractivity contribution in [2.75, 3.05) is 12.1 Å². The second kappa shape index (κ2) is 14.5. The maximum absolute atomic E-state index is 4.65. The number of hydrazone groups is 1. The zero-order valence-corrected chi connectivity index (χ0v) is 18.3. The third kappa shape index (κ3) is 9.60. The molecule has 2 heteroatoms. The fourth-order valence-corrected chi connectivity index (χ4v) is 2.17. The van der Waals surface area contributed by atoms with Gasteiger partial charge in [-0.25, -0.2) is 0 Å². The molecule has 0 aliphatic carbocycles. The maximum atomic E-state index is 4.65. The SMILES string of the molecule is CC.CC.CC(C)=CC=Cc1ccc(N(C)/N=C(/C)c2ccccc2)cc1. The molecule has 0 aliphatic heterocycles. The van der Waals surface area contributed by atoms with Gasteiger partial charge in [0.2, 0.25) is 0 Å². The van der Waals surface area contributed by atoms with Gasteiger partial charge in [-0.1, -0.05) is 94.0 Å². The molecule has 0 atom stereocenters. The molecule has 2 rings (SSSR count). The molecule has 0 amide bonds. The van der Waals surface area contributed by atoms with Gasteiger partial charge in [0.25, 0.3) is 0 Å². The third-order valence-corrected chi connectivity index (χ3v) is 3.48. The molecule has 0 fully saturated rings. The Labute approximate surface area is 166 Å². The molecule has 0 aromatic heterocycles. The van der Waals surface area contributed by atoms with Crippen molar-refractivity contribution in [3.05, 3.63) is 83.4 Å². The molecule has 0 aliphatic rings. The van der Waals surface area contributed by atoms with Crippen LogP contribution in [0.4, 0.5) is 5.69 Å². The first-order valence-electron chi connectivity index (χ1n) is 9.82. The smallest absolute Gasteiger partial charge is 0.0650 e. The molecular formula is C25H36N2. The molecule has 2 aromatic carbocycles. The highest BCUT2D eigenvalue weighted by molar-refractivity contribution is 5.99. The molecular weight excluding hydrogens is 328 g/mol. The van der Waals surface area contributed by atoms with E-state index in [0.29, 0.717) is 0 Å². The highest BCUT2D eigenvalue weighted by Gasteiger charge is 2.01. The Hall–Kier alpha value is -2.61. The van der Waals surface area contributed by atoms with Gasteiger partial charge in [-0.05, 0) is 44.0 Å². The van der Waals surface area contributed by atoms with Crippen molar-refractivity contribution in [3.8, 4) is 0 Å². The predicted octanol–water partition coefficient (Wildman–Crippen LogP) is 7.58. The van der Waals surface area contributed by atoms with Gasteiger partial charge in [0.15, 0.2) is 0 Å². The van der Waals surface area contributed by atoms with Gasteiger partial charge in [-0.2, -0.15) is 5.10 Å². The lowest BCUT2D eigenvalue weighted by Gasteiger charge is -2.15. The third-order valence-electron chi connectivity index (χ3n) is 3.48. The molecule has 0 bridgehead atoms. The van der Waals surface area contributed by atoms with Crippen molar-refractivity contribution in [1.29, 1.82) is 0 Å². The summed E-state index contributed by atoms with van der Waals surface area (Å²) >= 11 is 0. The Morgan fingerprint density at radius 1 is 0.815 bits per heavy atom. The molecule has 27 heavy (non-hydrogen) atoms.